The van der Waals surface area contributed by atoms with Gasteiger partial charge in [-0.15, -0.1) is 0 Å². The van der Waals surface area contributed by atoms with E-state index >= 15 is 0 Å². The molecule has 5 amide bonds. The fourth-order valence-electron chi connectivity index (χ4n) is 5.08. The third kappa shape index (κ3) is 10.3. The Morgan fingerprint density at radius 2 is 1.65 bits per heavy atom. The highest BCUT2D eigenvalue weighted by atomic mass is 19.1. The minimum Gasteiger partial charge on any atom is -0.491 e. The number of carbonyl (C=O) groups excluding carboxylic acids is 5. The molecule has 0 aliphatic carbocycles. The zero-order chi connectivity index (χ0) is 34.0. The fourth-order valence-corrected chi connectivity index (χ4v) is 5.08. The van der Waals surface area contributed by atoms with Crippen LogP contribution in [-0.2, 0) is 25.6 Å². The van der Waals surface area contributed by atoms with Gasteiger partial charge in [-0.25, -0.2) is 4.39 Å². The van der Waals surface area contributed by atoms with Gasteiger partial charge in [-0.1, -0.05) is 52.0 Å². The number of likely N-dealkylation sites (N-methyl/N-ethyl adjacent to an activating group) is 1. The second kappa shape index (κ2) is 16.7. The highest BCUT2D eigenvalue weighted by Crippen LogP contribution is 2.20. The maximum atomic E-state index is 13.7. The van der Waals surface area contributed by atoms with E-state index in [2.05, 4.69) is 21.3 Å². The van der Waals surface area contributed by atoms with Gasteiger partial charge in [0.15, 0.2) is 0 Å². The first-order valence-electron chi connectivity index (χ1n) is 15.7. The van der Waals surface area contributed by atoms with Crippen LogP contribution >= 0.6 is 0 Å². The van der Waals surface area contributed by atoms with E-state index in [-0.39, 0.29) is 42.1 Å². The lowest BCUT2D eigenvalue weighted by atomic mass is 9.98. The molecule has 4 N–H and O–H groups in total. The van der Waals surface area contributed by atoms with E-state index in [0.29, 0.717) is 12.8 Å². The van der Waals surface area contributed by atoms with E-state index in [1.54, 1.807) is 37.3 Å². The fraction of sp³-hybridized carbons (Fsp3) is 0.500. The lowest BCUT2D eigenvalue weighted by Crippen LogP contribution is -2.57. The average molecular weight is 640 g/mol. The average Bonchev–Trinajstić information content (AvgIpc) is 3.00. The lowest BCUT2D eigenvalue weighted by molar-refractivity contribution is -0.142. The van der Waals surface area contributed by atoms with Crippen molar-refractivity contribution >= 4 is 29.5 Å². The summed E-state index contributed by atoms with van der Waals surface area (Å²) in [5.41, 5.74) is 0.941. The maximum absolute atomic E-state index is 13.7. The van der Waals surface area contributed by atoms with Crippen molar-refractivity contribution in [3.63, 3.8) is 0 Å². The molecule has 46 heavy (non-hydrogen) atoms. The molecule has 1 heterocycles. The normalized spacial score (nSPS) is 21.9. The Bertz CT molecular complexity index is 1380. The third-order valence-corrected chi connectivity index (χ3v) is 7.74. The minimum absolute atomic E-state index is 0.0189. The number of para-hydroxylation sites is 1. The molecule has 0 radical (unpaired) electrons. The quantitative estimate of drug-likeness (QED) is 0.367. The Morgan fingerprint density at radius 1 is 0.978 bits per heavy atom. The minimum atomic E-state index is -1.28. The molecular weight excluding hydrogens is 593 g/mol. The highest BCUT2D eigenvalue weighted by Gasteiger charge is 2.35. The highest BCUT2D eigenvalue weighted by molar-refractivity contribution is 6.01. The van der Waals surface area contributed by atoms with Crippen LogP contribution in [0.3, 0.4) is 0 Å². The molecule has 2 aromatic carbocycles. The summed E-state index contributed by atoms with van der Waals surface area (Å²) in [5.74, 6) is -3.05. The molecule has 250 valence electrons. The summed E-state index contributed by atoms with van der Waals surface area (Å²) in [4.78, 5) is 68.8. The summed E-state index contributed by atoms with van der Waals surface area (Å²) >= 11 is 0. The monoisotopic (exact) mass is 639 g/mol. The van der Waals surface area contributed by atoms with Crippen molar-refractivity contribution in [2.75, 3.05) is 20.2 Å². The number of hydrogen-bond donors (Lipinski definition) is 4. The molecule has 4 atom stereocenters. The van der Waals surface area contributed by atoms with Gasteiger partial charge in [0.25, 0.3) is 5.91 Å². The first-order chi connectivity index (χ1) is 21.8. The number of halogens is 1. The summed E-state index contributed by atoms with van der Waals surface area (Å²) in [6.45, 7) is 9.40. The number of nitrogens with one attached hydrogen (secondary N) is 4. The van der Waals surface area contributed by atoms with E-state index < -0.39 is 60.1 Å². The molecule has 0 spiro atoms. The molecular formula is C34H46FN5O6. The smallest absolute Gasteiger partial charge is 0.255 e. The van der Waals surface area contributed by atoms with Gasteiger partial charge in [-0.3, -0.25) is 24.0 Å². The van der Waals surface area contributed by atoms with Crippen LogP contribution in [0.2, 0.25) is 0 Å². The largest absolute Gasteiger partial charge is 0.491 e. The zero-order valence-corrected chi connectivity index (χ0v) is 27.4. The molecule has 1 aliphatic heterocycles. The molecule has 3 rings (SSSR count). The summed E-state index contributed by atoms with van der Waals surface area (Å²) in [5, 5.41) is 11.1. The standard InChI is InChI=1S/C34H46FN5O6/c1-20(2)17-27-33(44)39-30(21(3)4)34(45)37-22(5)19-46-28-10-8-7-9-25(28)31(42)38-26(18-29(41)40(27)6)32(43)36-16-15-23-11-13-24(35)14-12-23/h7-14,20-22,26-27,30H,15-19H2,1-6H3,(H,36,43)(H,37,45)(H,38,42)(H,39,44)/t22-,26-,27-,30+/m0/s1. The second-order valence-corrected chi connectivity index (χ2v) is 12.5. The summed E-state index contributed by atoms with van der Waals surface area (Å²) < 4.78 is 19.2. The molecule has 0 unspecified atom stereocenters. The lowest BCUT2D eigenvalue weighted by Gasteiger charge is -2.32. The molecule has 11 nitrogen and oxygen atoms in total. The van der Waals surface area contributed by atoms with E-state index in [0.717, 1.165) is 5.56 Å². The van der Waals surface area contributed by atoms with Gasteiger partial charge in [0.05, 0.1) is 18.0 Å². The van der Waals surface area contributed by atoms with Gasteiger partial charge < -0.3 is 30.9 Å². The SMILES string of the molecule is CC(C)C[C@H]1C(=O)N[C@H](C(C)C)C(=O)N[C@@H](C)COc2ccccc2C(=O)N[C@H](C(=O)NCCc2ccc(F)cc2)CC(=O)N1C. The van der Waals surface area contributed by atoms with E-state index in [4.69, 9.17) is 4.74 Å². The number of amides is 5. The van der Waals surface area contributed by atoms with Crippen molar-refractivity contribution in [2.24, 2.45) is 11.8 Å². The first kappa shape index (κ1) is 36.0. The molecule has 0 aromatic heterocycles. The molecule has 2 aromatic rings. The number of benzene rings is 2. The first-order valence-corrected chi connectivity index (χ1v) is 15.7. The molecule has 0 fully saturated rings. The van der Waals surface area contributed by atoms with Crippen LogP contribution in [0.15, 0.2) is 48.5 Å². The third-order valence-electron chi connectivity index (χ3n) is 7.74. The number of hydrogen-bond acceptors (Lipinski definition) is 6. The van der Waals surface area contributed by atoms with Gasteiger partial charge in [-0.2, -0.15) is 0 Å². The number of carbonyl (C=O) groups is 5. The number of rotatable bonds is 7. The molecule has 1 aliphatic rings. The zero-order valence-electron chi connectivity index (χ0n) is 27.4. The van der Waals surface area contributed by atoms with Crippen LogP contribution in [0.5, 0.6) is 5.75 Å². The van der Waals surface area contributed by atoms with Crippen molar-refractivity contribution in [2.45, 2.75) is 78.0 Å². The number of nitrogens with zero attached hydrogens (tertiary/aromatic N) is 1. The van der Waals surface area contributed by atoms with Crippen LogP contribution in [0.25, 0.3) is 0 Å². The van der Waals surface area contributed by atoms with E-state index in [9.17, 15) is 28.4 Å². The van der Waals surface area contributed by atoms with Gasteiger partial charge in [0.2, 0.25) is 23.6 Å². The predicted molar refractivity (Wildman–Crippen MR) is 171 cm³/mol. The second-order valence-electron chi connectivity index (χ2n) is 12.5. The van der Waals surface area contributed by atoms with Crippen LogP contribution in [-0.4, -0.2) is 78.8 Å². The molecule has 0 saturated heterocycles. The van der Waals surface area contributed by atoms with Crippen LogP contribution in [0.4, 0.5) is 4.39 Å². The van der Waals surface area contributed by atoms with Gasteiger partial charge in [-0.05, 0) is 61.4 Å². The Hall–Kier alpha value is -4.48. The van der Waals surface area contributed by atoms with E-state index in [1.807, 2.05) is 27.7 Å². The molecule has 0 bridgehead atoms. The predicted octanol–water partition coefficient (Wildman–Crippen LogP) is 2.58. The van der Waals surface area contributed by atoms with Crippen LogP contribution in [0.1, 0.15) is 63.4 Å². The summed E-state index contributed by atoms with van der Waals surface area (Å²) in [6, 6.07) is 8.78. The molecule has 0 saturated carbocycles. The summed E-state index contributed by atoms with van der Waals surface area (Å²) in [7, 11) is 1.48. The van der Waals surface area contributed by atoms with Gasteiger partial charge in [0.1, 0.15) is 36.3 Å². The molecule has 12 heteroatoms. The Kier molecular flexibility index (Phi) is 13.1. The van der Waals surface area contributed by atoms with Crippen molar-refractivity contribution in [1.29, 1.82) is 0 Å². The Morgan fingerprint density at radius 3 is 2.30 bits per heavy atom. The topological polar surface area (TPSA) is 146 Å². The van der Waals surface area contributed by atoms with Crippen molar-refractivity contribution in [3.8, 4) is 5.75 Å². The number of ether oxygens (including phenoxy) is 1. The Labute approximate surface area is 270 Å². The van der Waals surface area contributed by atoms with Crippen molar-refractivity contribution < 1.29 is 33.1 Å². The van der Waals surface area contributed by atoms with Crippen molar-refractivity contribution in [1.82, 2.24) is 26.2 Å². The van der Waals surface area contributed by atoms with E-state index in [1.165, 1.54) is 30.1 Å². The maximum Gasteiger partial charge on any atom is 0.255 e. The van der Waals surface area contributed by atoms with Crippen LogP contribution in [0, 0.1) is 17.7 Å². The summed E-state index contributed by atoms with van der Waals surface area (Å²) in [6.07, 6.45) is 0.273. The van der Waals surface area contributed by atoms with Gasteiger partial charge in [0, 0.05) is 13.6 Å². The Balaban J connectivity index is 1.95. The van der Waals surface area contributed by atoms with Crippen LogP contribution < -0.4 is 26.0 Å². The van der Waals surface area contributed by atoms with Crippen molar-refractivity contribution in [3.05, 3.63) is 65.5 Å². The van der Waals surface area contributed by atoms with Gasteiger partial charge >= 0.3 is 0 Å². The number of fused-ring (bicyclic) bond motifs is 1.